The third kappa shape index (κ3) is 2.20. The molecule has 7 heteroatoms. The van der Waals surface area contributed by atoms with Gasteiger partial charge in [-0.3, -0.25) is 9.59 Å². The van der Waals surface area contributed by atoms with Crippen molar-refractivity contribution in [3.63, 3.8) is 0 Å². The van der Waals surface area contributed by atoms with Crippen molar-refractivity contribution in [1.82, 2.24) is 20.4 Å². The van der Waals surface area contributed by atoms with Gasteiger partial charge in [-0.05, 0) is 19.8 Å². The van der Waals surface area contributed by atoms with E-state index < -0.39 is 11.6 Å². The van der Waals surface area contributed by atoms with Crippen molar-refractivity contribution in [1.29, 1.82) is 0 Å². The standard InChI is InChI=1S/C12H18N4O3/c1-4-12(5-2)11(18)16(8(3)10(17)14-12)6-9-13-7-19-15-9/h7-8H,4-6H2,1-3H3,(H,14,17). The van der Waals surface area contributed by atoms with Crippen LogP contribution in [0.3, 0.4) is 0 Å². The summed E-state index contributed by atoms with van der Waals surface area (Å²) in [7, 11) is 0. The van der Waals surface area contributed by atoms with Crippen molar-refractivity contribution in [2.75, 3.05) is 0 Å². The molecule has 2 rings (SSSR count). The van der Waals surface area contributed by atoms with E-state index in [9.17, 15) is 9.59 Å². The van der Waals surface area contributed by atoms with Crippen LogP contribution in [-0.2, 0) is 16.1 Å². The van der Waals surface area contributed by atoms with Crippen LogP contribution in [0.5, 0.6) is 0 Å². The maximum absolute atomic E-state index is 12.6. The summed E-state index contributed by atoms with van der Waals surface area (Å²) in [5.41, 5.74) is -0.812. The quantitative estimate of drug-likeness (QED) is 0.856. The molecule has 1 N–H and O–H groups in total. The van der Waals surface area contributed by atoms with Gasteiger partial charge in [-0.15, -0.1) is 0 Å². The maximum Gasteiger partial charge on any atom is 0.249 e. The third-order valence-electron chi connectivity index (χ3n) is 3.81. The Kier molecular flexibility index (Phi) is 3.55. The molecule has 1 aliphatic rings. The second-order valence-electron chi connectivity index (χ2n) is 4.73. The number of hydrogen-bond donors (Lipinski definition) is 1. The summed E-state index contributed by atoms with van der Waals surface area (Å²) in [4.78, 5) is 30.1. The molecule has 19 heavy (non-hydrogen) atoms. The molecule has 1 aromatic heterocycles. The van der Waals surface area contributed by atoms with Crippen LogP contribution >= 0.6 is 0 Å². The van der Waals surface area contributed by atoms with Gasteiger partial charge in [0.1, 0.15) is 11.6 Å². The fourth-order valence-corrected chi connectivity index (χ4v) is 2.34. The molecule has 1 atom stereocenters. The highest BCUT2D eigenvalue weighted by molar-refractivity contribution is 5.99. The number of rotatable bonds is 4. The fourth-order valence-electron chi connectivity index (χ4n) is 2.34. The molecule has 0 aliphatic carbocycles. The molecule has 1 unspecified atom stereocenters. The number of carbonyl (C=O) groups excluding carboxylic acids is 2. The Balaban J connectivity index is 2.28. The first kappa shape index (κ1) is 13.5. The maximum atomic E-state index is 12.6. The monoisotopic (exact) mass is 266 g/mol. The minimum Gasteiger partial charge on any atom is -0.343 e. The van der Waals surface area contributed by atoms with Gasteiger partial charge in [0.25, 0.3) is 0 Å². The van der Waals surface area contributed by atoms with Gasteiger partial charge >= 0.3 is 0 Å². The van der Waals surface area contributed by atoms with Gasteiger partial charge in [0, 0.05) is 0 Å². The number of piperazine rings is 1. The van der Waals surface area contributed by atoms with Gasteiger partial charge < -0.3 is 14.7 Å². The van der Waals surface area contributed by atoms with Gasteiger partial charge in [0.15, 0.2) is 5.82 Å². The van der Waals surface area contributed by atoms with Gasteiger partial charge in [0.05, 0.1) is 6.54 Å². The third-order valence-corrected chi connectivity index (χ3v) is 3.81. The Bertz CT molecular complexity index is 467. The van der Waals surface area contributed by atoms with E-state index in [1.165, 1.54) is 11.3 Å². The van der Waals surface area contributed by atoms with E-state index in [4.69, 9.17) is 0 Å². The molecule has 1 saturated heterocycles. The molecule has 1 aliphatic heterocycles. The second kappa shape index (κ2) is 4.99. The van der Waals surface area contributed by atoms with Crippen molar-refractivity contribution in [3.8, 4) is 0 Å². The van der Waals surface area contributed by atoms with Crippen molar-refractivity contribution in [2.45, 2.75) is 51.7 Å². The molecule has 0 bridgehead atoms. The molecule has 2 heterocycles. The minimum atomic E-state index is -0.812. The summed E-state index contributed by atoms with van der Waals surface area (Å²) >= 11 is 0. The summed E-state index contributed by atoms with van der Waals surface area (Å²) in [5, 5.41) is 6.54. The summed E-state index contributed by atoms with van der Waals surface area (Å²) in [6, 6.07) is -0.530. The molecule has 7 nitrogen and oxygen atoms in total. The normalized spacial score (nSPS) is 22.5. The Morgan fingerprint density at radius 3 is 2.63 bits per heavy atom. The fraction of sp³-hybridized carbons (Fsp3) is 0.667. The van der Waals surface area contributed by atoms with Gasteiger partial charge in [-0.2, -0.15) is 4.98 Å². The molecule has 104 valence electrons. The highest BCUT2D eigenvalue weighted by Gasteiger charge is 2.47. The van der Waals surface area contributed by atoms with Gasteiger partial charge in [-0.25, -0.2) is 0 Å². The molecule has 1 fully saturated rings. The Hall–Kier alpha value is -1.92. The number of nitrogens with one attached hydrogen (secondary N) is 1. The molecular weight excluding hydrogens is 248 g/mol. The van der Waals surface area contributed by atoms with Crippen LogP contribution in [-0.4, -0.2) is 38.4 Å². The summed E-state index contributed by atoms with van der Waals surface area (Å²) in [6.45, 7) is 5.67. The average molecular weight is 266 g/mol. The van der Waals surface area contributed by atoms with Crippen LogP contribution in [0.1, 0.15) is 39.4 Å². The molecule has 0 saturated carbocycles. The van der Waals surface area contributed by atoms with Gasteiger partial charge in [-0.1, -0.05) is 19.0 Å². The molecular formula is C12H18N4O3. The van der Waals surface area contributed by atoms with E-state index in [0.717, 1.165) is 0 Å². The lowest BCUT2D eigenvalue weighted by Crippen LogP contribution is -2.69. The van der Waals surface area contributed by atoms with Crippen LogP contribution in [0.2, 0.25) is 0 Å². The Morgan fingerprint density at radius 2 is 2.11 bits per heavy atom. The minimum absolute atomic E-state index is 0.0885. The zero-order valence-corrected chi connectivity index (χ0v) is 11.3. The highest BCUT2D eigenvalue weighted by Crippen LogP contribution is 2.25. The second-order valence-corrected chi connectivity index (χ2v) is 4.73. The first-order valence-corrected chi connectivity index (χ1v) is 6.42. The molecule has 0 aromatic carbocycles. The average Bonchev–Trinajstić information content (AvgIpc) is 2.92. The Morgan fingerprint density at radius 1 is 1.42 bits per heavy atom. The zero-order chi connectivity index (χ0) is 14.0. The topological polar surface area (TPSA) is 88.3 Å². The van der Waals surface area contributed by atoms with E-state index in [0.29, 0.717) is 18.7 Å². The van der Waals surface area contributed by atoms with E-state index in [1.54, 1.807) is 6.92 Å². The smallest absolute Gasteiger partial charge is 0.249 e. The Labute approximate surface area is 111 Å². The SMILES string of the molecule is CCC1(CC)NC(=O)C(C)N(Cc2ncon2)C1=O. The highest BCUT2D eigenvalue weighted by atomic mass is 16.5. The summed E-state index contributed by atoms with van der Waals surface area (Å²) in [6.07, 6.45) is 2.33. The molecule has 1 aromatic rings. The largest absolute Gasteiger partial charge is 0.343 e. The van der Waals surface area contributed by atoms with Crippen molar-refractivity contribution < 1.29 is 14.1 Å². The lowest BCUT2D eigenvalue weighted by atomic mass is 9.87. The predicted molar refractivity (Wildman–Crippen MR) is 65.8 cm³/mol. The van der Waals surface area contributed by atoms with Crippen molar-refractivity contribution in [2.24, 2.45) is 0 Å². The summed E-state index contributed by atoms with van der Waals surface area (Å²) in [5.74, 6) is 0.164. The van der Waals surface area contributed by atoms with Crippen LogP contribution in [0.4, 0.5) is 0 Å². The van der Waals surface area contributed by atoms with Crippen molar-refractivity contribution >= 4 is 11.8 Å². The van der Waals surface area contributed by atoms with Crippen molar-refractivity contribution in [3.05, 3.63) is 12.2 Å². The number of nitrogens with zero attached hydrogens (tertiary/aromatic N) is 3. The summed E-state index contributed by atoms with van der Waals surface area (Å²) < 4.78 is 4.66. The van der Waals surface area contributed by atoms with E-state index >= 15 is 0 Å². The zero-order valence-electron chi connectivity index (χ0n) is 11.3. The van der Waals surface area contributed by atoms with E-state index in [-0.39, 0.29) is 18.4 Å². The molecule has 2 amide bonds. The van der Waals surface area contributed by atoms with Crippen LogP contribution in [0.15, 0.2) is 10.9 Å². The predicted octanol–water partition coefficient (Wildman–Crippen LogP) is 0.475. The molecule has 0 radical (unpaired) electrons. The van der Waals surface area contributed by atoms with E-state index in [2.05, 4.69) is 20.0 Å². The first-order chi connectivity index (χ1) is 9.04. The first-order valence-electron chi connectivity index (χ1n) is 6.42. The van der Waals surface area contributed by atoms with Crippen LogP contribution in [0.25, 0.3) is 0 Å². The lowest BCUT2D eigenvalue weighted by Gasteiger charge is -2.44. The van der Waals surface area contributed by atoms with Gasteiger partial charge in [0.2, 0.25) is 18.2 Å². The van der Waals surface area contributed by atoms with Crippen LogP contribution < -0.4 is 5.32 Å². The number of hydrogen-bond acceptors (Lipinski definition) is 5. The number of amides is 2. The van der Waals surface area contributed by atoms with E-state index in [1.807, 2.05) is 13.8 Å². The number of aromatic nitrogens is 2. The van der Waals surface area contributed by atoms with Crippen LogP contribution in [0, 0.1) is 0 Å². The lowest BCUT2D eigenvalue weighted by molar-refractivity contribution is -0.155. The molecule has 0 spiro atoms. The number of carbonyl (C=O) groups is 2.